The molecule has 9 heteroatoms. The fraction of sp³-hybridized carbons (Fsp3) is 0.364. The molecule has 1 aliphatic heterocycles. The summed E-state index contributed by atoms with van der Waals surface area (Å²) in [5.74, 6) is 1.44. The number of hydrogen-bond acceptors (Lipinski definition) is 7. The van der Waals surface area contributed by atoms with Crippen molar-refractivity contribution in [3.8, 4) is 11.4 Å². The van der Waals surface area contributed by atoms with Gasteiger partial charge in [0.2, 0.25) is 5.90 Å². The van der Waals surface area contributed by atoms with E-state index in [4.69, 9.17) is 9.47 Å². The third-order valence-corrected chi connectivity index (χ3v) is 4.99. The zero-order chi connectivity index (χ0) is 22.0. The normalized spacial score (nSPS) is 13.6. The summed E-state index contributed by atoms with van der Waals surface area (Å²) in [4.78, 5) is 12.3. The van der Waals surface area contributed by atoms with E-state index in [0.29, 0.717) is 24.6 Å². The molecule has 0 saturated heterocycles. The summed E-state index contributed by atoms with van der Waals surface area (Å²) in [5, 5.41) is 14.3. The maximum absolute atomic E-state index is 12.3. The Balaban J connectivity index is 1.54. The van der Waals surface area contributed by atoms with Crippen LogP contribution in [0.25, 0.3) is 5.69 Å². The average Bonchev–Trinajstić information content (AvgIpc) is 3.34. The SMILES string of the molecule is Cc1cccc(-n2nnn(C)c2=O)c1COC1=NN(c2ccccc2OC(C)C)CC1. The van der Waals surface area contributed by atoms with Crippen LogP contribution in [0.2, 0.25) is 0 Å². The minimum Gasteiger partial charge on any atom is -0.489 e. The van der Waals surface area contributed by atoms with E-state index in [1.54, 1.807) is 7.05 Å². The van der Waals surface area contributed by atoms with Crippen molar-refractivity contribution in [1.82, 2.24) is 19.8 Å². The lowest BCUT2D eigenvalue weighted by atomic mass is 10.1. The van der Waals surface area contributed by atoms with Crippen molar-refractivity contribution in [3.63, 3.8) is 0 Å². The van der Waals surface area contributed by atoms with Crippen molar-refractivity contribution in [1.29, 1.82) is 0 Å². The molecule has 9 nitrogen and oxygen atoms in total. The van der Waals surface area contributed by atoms with Gasteiger partial charge < -0.3 is 9.47 Å². The highest BCUT2D eigenvalue weighted by molar-refractivity contribution is 5.81. The molecule has 162 valence electrons. The van der Waals surface area contributed by atoms with Crippen LogP contribution in [-0.2, 0) is 18.4 Å². The van der Waals surface area contributed by atoms with Crippen molar-refractivity contribution in [2.24, 2.45) is 12.1 Å². The summed E-state index contributed by atoms with van der Waals surface area (Å²) >= 11 is 0. The number of aryl methyl sites for hydroxylation is 2. The van der Waals surface area contributed by atoms with Crippen LogP contribution in [0, 0.1) is 6.92 Å². The third kappa shape index (κ3) is 4.30. The molecular formula is C22H26N6O3. The van der Waals surface area contributed by atoms with E-state index < -0.39 is 0 Å². The van der Waals surface area contributed by atoms with Gasteiger partial charge in [0.1, 0.15) is 18.0 Å². The first-order valence-electron chi connectivity index (χ1n) is 10.3. The molecule has 4 rings (SSSR count). The van der Waals surface area contributed by atoms with E-state index >= 15 is 0 Å². The maximum Gasteiger partial charge on any atom is 0.368 e. The first-order chi connectivity index (χ1) is 14.9. The number of nitrogens with zero attached hydrogens (tertiary/aromatic N) is 6. The van der Waals surface area contributed by atoms with Crippen LogP contribution >= 0.6 is 0 Å². The second-order valence-electron chi connectivity index (χ2n) is 7.66. The first-order valence-corrected chi connectivity index (χ1v) is 10.3. The van der Waals surface area contributed by atoms with Crippen LogP contribution in [0.1, 0.15) is 31.4 Å². The van der Waals surface area contributed by atoms with Gasteiger partial charge >= 0.3 is 5.69 Å². The summed E-state index contributed by atoms with van der Waals surface area (Å²) in [6.45, 7) is 6.97. The van der Waals surface area contributed by atoms with E-state index in [1.807, 2.05) is 68.2 Å². The highest BCUT2D eigenvalue weighted by Gasteiger charge is 2.21. The quantitative estimate of drug-likeness (QED) is 0.607. The summed E-state index contributed by atoms with van der Waals surface area (Å²) < 4.78 is 14.4. The third-order valence-electron chi connectivity index (χ3n) is 4.99. The van der Waals surface area contributed by atoms with Crippen LogP contribution < -0.4 is 15.4 Å². The molecular weight excluding hydrogens is 396 g/mol. The molecule has 1 aromatic heterocycles. The Morgan fingerprint density at radius 3 is 2.58 bits per heavy atom. The first kappa shape index (κ1) is 20.6. The lowest BCUT2D eigenvalue weighted by molar-refractivity contribution is 0.243. The maximum atomic E-state index is 12.3. The molecule has 0 aliphatic carbocycles. The van der Waals surface area contributed by atoms with E-state index in [9.17, 15) is 4.79 Å². The van der Waals surface area contributed by atoms with Crippen molar-refractivity contribution >= 4 is 11.6 Å². The topological polar surface area (TPSA) is 86.8 Å². The van der Waals surface area contributed by atoms with E-state index in [2.05, 4.69) is 15.5 Å². The van der Waals surface area contributed by atoms with Gasteiger partial charge in [-0.1, -0.05) is 24.3 Å². The number of hydrogen-bond donors (Lipinski definition) is 0. The van der Waals surface area contributed by atoms with Gasteiger partial charge in [0.15, 0.2) is 0 Å². The van der Waals surface area contributed by atoms with E-state index in [-0.39, 0.29) is 18.4 Å². The van der Waals surface area contributed by atoms with Crippen molar-refractivity contribution in [2.75, 3.05) is 11.6 Å². The molecule has 0 N–H and O–H groups in total. The number of hydrazone groups is 1. The average molecular weight is 422 g/mol. The largest absolute Gasteiger partial charge is 0.489 e. The summed E-state index contributed by atoms with van der Waals surface area (Å²) in [5.41, 5.74) is 3.13. The van der Waals surface area contributed by atoms with Crippen LogP contribution in [0.5, 0.6) is 5.75 Å². The molecule has 0 atom stereocenters. The lowest BCUT2D eigenvalue weighted by Gasteiger charge is -2.19. The highest BCUT2D eigenvalue weighted by Crippen LogP contribution is 2.31. The summed E-state index contributed by atoms with van der Waals surface area (Å²) in [7, 11) is 1.57. The van der Waals surface area contributed by atoms with E-state index in [0.717, 1.165) is 22.6 Å². The Kier molecular flexibility index (Phi) is 5.75. The van der Waals surface area contributed by atoms with Crippen LogP contribution in [-0.4, -0.2) is 38.3 Å². The molecule has 0 unspecified atom stereocenters. The van der Waals surface area contributed by atoms with Gasteiger partial charge in [-0.05, 0) is 55.0 Å². The molecule has 0 bridgehead atoms. The van der Waals surface area contributed by atoms with Gasteiger partial charge in [-0.3, -0.25) is 5.01 Å². The van der Waals surface area contributed by atoms with Crippen molar-refractivity contribution < 1.29 is 9.47 Å². The molecule has 3 aromatic rings. The number of para-hydroxylation sites is 2. The Labute approximate surface area is 180 Å². The molecule has 0 radical (unpaired) electrons. The zero-order valence-electron chi connectivity index (χ0n) is 18.1. The summed E-state index contributed by atoms with van der Waals surface area (Å²) in [6, 6.07) is 13.6. The van der Waals surface area contributed by atoms with Gasteiger partial charge in [-0.2, -0.15) is 9.36 Å². The zero-order valence-corrected chi connectivity index (χ0v) is 18.1. The van der Waals surface area contributed by atoms with E-state index in [1.165, 1.54) is 9.36 Å². The fourth-order valence-electron chi connectivity index (χ4n) is 3.43. The standard InChI is InChI=1S/C22H26N6O3/c1-15(2)31-20-11-6-5-9-19(20)27-13-12-21(23-27)30-14-17-16(3)8-7-10-18(17)28-22(29)26(4)24-25-28/h5-11,15H,12-14H2,1-4H3. The van der Waals surface area contributed by atoms with Gasteiger partial charge in [0.25, 0.3) is 0 Å². The predicted octanol–water partition coefficient (Wildman–Crippen LogP) is 2.80. The number of aromatic nitrogens is 4. The number of benzene rings is 2. The Morgan fingerprint density at radius 2 is 1.84 bits per heavy atom. The van der Waals surface area contributed by atoms with Crippen LogP contribution in [0.4, 0.5) is 5.69 Å². The Bertz CT molecular complexity index is 1160. The minimum atomic E-state index is -0.307. The van der Waals surface area contributed by atoms with Crippen molar-refractivity contribution in [2.45, 2.75) is 39.9 Å². The molecule has 31 heavy (non-hydrogen) atoms. The second-order valence-corrected chi connectivity index (χ2v) is 7.66. The molecule has 0 fully saturated rings. The summed E-state index contributed by atoms with van der Waals surface area (Å²) in [6.07, 6.45) is 0.759. The minimum absolute atomic E-state index is 0.0763. The van der Waals surface area contributed by atoms with Gasteiger partial charge in [-0.15, -0.1) is 5.10 Å². The van der Waals surface area contributed by atoms with Crippen LogP contribution in [0.15, 0.2) is 52.4 Å². The number of rotatable bonds is 6. The van der Waals surface area contributed by atoms with Gasteiger partial charge in [-0.25, -0.2) is 4.79 Å². The molecule has 2 heterocycles. The number of anilines is 1. The van der Waals surface area contributed by atoms with Crippen molar-refractivity contribution in [3.05, 3.63) is 64.1 Å². The molecule has 0 spiro atoms. The highest BCUT2D eigenvalue weighted by atomic mass is 16.5. The molecule has 2 aromatic carbocycles. The van der Waals surface area contributed by atoms with Crippen LogP contribution in [0.3, 0.4) is 0 Å². The smallest absolute Gasteiger partial charge is 0.368 e. The fourth-order valence-corrected chi connectivity index (χ4v) is 3.43. The molecule has 0 amide bonds. The monoisotopic (exact) mass is 422 g/mol. The molecule has 0 saturated carbocycles. The Morgan fingerprint density at radius 1 is 1.06 bits per heavy atom. The Hall–Kier alpha value is -3.62. The predicted molar refractivity (Wildman–Crippen MR) is 118 cm³/mol. The number of tetrazole rings is 1. The van der Waals surface area contributed by atoms with Gasteiger partial charge in [0.05, 0.1) is 18.3 Å². The lowest BCUT2D eigenvalue weighted by Crippen LogP contribution is -2.23. The molecule has 1 aliphatic rings. The number of ether oxygens (including phenoxy) is 2. The van der Waals surface area contributed by atoms with Gasteiger partial charge in [0, 0.05) is 19.0 Å². The second kappa shape index (κ2) is 8.63.